The average Bonchev–Trinajstić information content (AvgIpc) is 2.86. The fourth-order valence-electron chi connectivity index (χ4n) is 4.02. The third kappa shape index (κ3) is 5.84. The molecule has 3 N–H and O–H groups in total. The summed E-state index contributed by atoms with van der Waals surface area (Å²) in [4.78, 5) is 21.8. The highest BCUT2D eigenvalue weighted by Gasteiger charge is 2.26. The second kappa shape index (κ2) is 10.5. The summed E-state index contributed by atoms with van der Waals surface area (Å²) in [5, 5.41) is 9.06. The van der Waals surface area contributed by atoms with Gasteiger partial charge in [0.15, 0.2) is 10.8 Å². The number of nitrogens with zero attached hydrogens (tertiary/aromatic N) is 2. The van der Waals surface area contributed by atoms with E-state index in [0.717, 1.165) is 27.8 Å². The van der Waals surface area contributed by atoms with Crippen LogP contribution < -0.4 is 10.5 Å². The molecule has 2 aromatic heterocycles. The van der Waals surface area contributed by atoms with Gasteiger partial charge < -0.3 is 15.6 Å². The van der Waals surface area contributed by atoms with Crippen molar-refractivity contribution < 1.29 is 23.1 Å². The van der Waals surface area contributed by atoms with E-state index in [-0.39, 0.29) is 28.9 Å². The number of benzene rings is 2. The van der Waals surface area contributed by atoms with Gasteiger partial charge in [-0.1, -0.05) is 48.0 Å². The number of nitrogen functional groups attached to an aromatic ring is 1. The van der Waals surface area contributed by atoms with Crippen molar-refractivity contribution in [3.63, 3.8) is 0 Å². The van der Waals surface area contributed by atoms with Crippen molar-refractivity contribution >= 4 is 21.4 Å². The summed E-state index contributed by atoms with van der Waals surface area (Å²) in [6.07, 6.45) is 0. The summed E-state index contributed by atoms with van der Waals surface area (Å²) in [6, 6.07) is 18.4. The number of ether oxygens (including phenoxy) is 1. The summed E-state index contributed by atoms with van der Waals surface area (Å²) >= 11 is 0. The SMILES string of the molecule is Cc1cc(C)c(Oc2nc(-c3ccc(CO)cc3)ccc2C(=O)CS(=O)(=O)c2cccc(N)n2)c(C)c1. The smallest absolute Gasteiger partial charge is 0.230 e. The molecule has 0 aliphatic heterocycles. The molecule has 37 heavy (non-hydrogen) atoms. The summed E-state index contributed by atoms with van der Waals surface area (Å²) in [5.74, 6) is -0.921. The molecule has 0 aliphatic carbocycles. The predicted octanol–water partition coefficient (Wildman–Crippen LogP) is 4.59. The predicted molar refractivity (Wildman–Crippen MR) is 141 cm³/mol. The van der Waals surface area contributed by atoms with Crippen LogP contribution in [-0.2, 0) is 16.4 Å². The van der Waals surface area contributed by atoms with Crippen LogP contribution in [0.4, 0.5) is 5.82 Å². The van der Waals surface area contributed by atoms with E-state index in [4.69, 9.17) is 10.5 Å². The van der Waals surface area contributed by atoms with Gasteiger partial charge in [-0.05, 0) is 61.7 Å². The number of aliphatic hydroxyl groups is 1. The van der Waals surface area contributed by atoms with Crippen LogP contribution in [0.2, 0.25) is 0 Å². The summed E-state index contributed by atoms with van der Waals surface area (Å²) in [5.41, 5.74) is 10.5. The highest BCUT2D eigenvalue weighted by atomic mass is 32.2. The van der Waals surface area contributed by atoms with Crippen LogP contribution in [0.1, 0.15) is 32.6 Å². The van der Waals surface area contributed by atoms with Gasteiger partial charge in [-0.2, -0.15) is 0 Å². The van der Waals surface area contributed by atoms with E-state index in [1.54, 1.807) is 30.3 Å². The maximum Gasteiger partial charge on any atom is 0.230 e. The fourth-order valence-corrected chi connectivity index (χ4v) is 5.20. The number of carbonyl (C=O) groups excluding carboxylic acids is 1. The van der Waals surface area contributed by atoms with E-state index in [2.05, 4.69) is 9.97 Å². The monoisotopic (exact) mass is 517 g/mol. The van der Waals surface area contributed by atoms with Gasteiger partial charge in [0.25, 0.3) is 0 Å². The lowest BCUT2D eigenvalue weighted by molar-refractivity contribution is 0.101. The van der Waals surface area contributed by atoms with Gasteiger partial charge in [0.2, 0.25) is 15.7 Å². The molecule has 8 nitrogen and oxygen atoms in total. The minimum Gasteiger partial charge on any atom is -0.438 e. The highest BCUT2D eigenvalue weighted by Crippen LogP contribution is 2.33. The topological polar surface area (TPSA) is 132 Å². The largest absolute Gasteiger partial charge is 0.438 e. The molecule has 0 atom stereocenters. The Balaban J connectivity index is 1.77. The van der Waals surface area contributed by atoms with Gasteiger partial charge in [0, 0.05) is 5.56 Å². The zero-order chi connectivity index (χ0) is 26.7. The van der Waals surface area contributed by atoms with Crippen molar-refractivity contribution in [2.24, 2.45) is 0 Å². The number of pyridine rings is 2. The van der Waals surface area contributed by atoms with Crippen molar-refractivity contribution in [1.29, 1.82) is 0 Å². The Kier molecular flexibility index (Phi) is 7.37. The third-order valence-corrected chi connectivity index (χ3v) is 7.29. The lowest BCUT2D eigenvalue weighted by Gasteiger charge is -2.16. The Morgan fingerprint density at radius 1 is 0.946 bits per heavy atom. The number of nitrogens with two attached hydrogens (primary N) is 1. The van der Waals surface area contributed by atoms with Crippen LogP contribution >= 0.6 is 0 Å². The van der Waals surface area contributed by atoms with Crippen LogP contribution in [-0.4, -0.2) is 35.0 Å². The molecule has 0 aliphatic rings. The van der Waals surface area contributed by atoms with Gasteiger partial charge in [-0.3, -0.25) is 4.79 Å². The standard InChI is InChI=1S/C28H27N3O5S/c1-17-13-18(2)27(19(3)14-17)36-28-22(11-12-23(30-28)21-9-7-20(15-32)8-10-21)24(33)16-37(34,35)26-6-4-5-25(29)31-26/h4-14,32H,15-16H2,1-3H3,(H2,29,31). The first-order valence-corrected chi connectivity index (χ1v) is 13.2. The molecule has 2 heterocycles. The molecule has 0 fully saturated rings. The van der Waals surface area contributed by atoms with Crippen molar-refractivity contribution in [2.45, 2.75) is 32.4 Å². The molecule has 2 aromatic carbocycles. The number of aryl methyl sites for hydroxylation is 3. The number of hydrogen-bond donors (Lipinski definition) is 2. The molecule has 4 rings (SSSR count). The van der Waals surface area contributed by atoms with Crippen LogP contribution in [0.25, 0.3) is 11.3 Å². The second-order valence-electron chi connectivity index (χ2n) is 8.82. The third-order valence-electron chi connectivity index (χ3n) is 5.78. The van der Waals surface area contributed by atoms with Crippen LogP contribution in [0.5, 0.6) is 11.6 Å². The quantitative estimate of drug-likeness (QED) is 0.324. The van der Waals surface area contributed by atoms with E-state index in [9.17, 15) is 18.3 Å². The van der Waals surface area contributed by atoms with Crippen LogP contribution in [0.15, 0.2) is 71.8 Å². The van der Waals surface area contributed by atoms with E-state index >= 15 is 0 Å². The molecular weight excluding hydrogens is 490 g/mol. The second-order valence-corrected chi connectivity index (χ2v) is 10.8. The van der Waals surface area contributed by atoms with Crippen molar-refractivity contribution in [2.75, 3.05) is 11.5 Å². The Bertz CT molecular complexity index is 1560. The first-order chi connectivity index (χ1) is 17.6. The molecule has 0 radical (unpaired) electrons. The Morgan fingerprint density at radius 3 is 2.24 bits per heavy atom. The maximum absolute atomic E-state index is 13.3. The molecule has 0 spiro atoms. The van der Waals surface area contributed by atoms with Gasteiger partial charge >= 0.3 is 0 Å². The van der Waals surface area contributed by atoms with E-state index < -0.39 is 21.4 Å². The molecule has 4 aromatic rings. The number of anilines is 1. The molecule has 190 valence electrons. The van der Waals surface area contributed by atoms with E-state index in [0.29, 0.717) is 11.4 Å². The zero-order valence-corrected chi connectivity index (χ0v) is 21.5. The summed E-state index contributed by atoms with van der Waals surface area (Å²) in [7, 11) is -4.06. The number of rotatable bonds is 8. The van der Waals surface area contributed by atoms with Gasteiger partial charge in [-0.25, -0.2) is 18.4 Å². The number of sulfone groups is 1. The van der Waals surface area contributed by atoms with Crippen molar-refractivity contribution in [3.05, 3.63) is 94.5 Å². The molecule has 0 amide bonds. The Labute approximate surface area is 215 Å². The van der Waals surface area contributed by atoms with Gasteiger partial charge in [0.1, 0.15) is 17.3 Å². The lowest BCUT2D eigenvalue weighted by Crippen LogP contribution is -2.19. The number of aliphatic hydroxyl groups excluding tert-OH is 1. The average molecular weight is 518 g/mol. The Hall–Kier alpha value is -4.08. The number of aromatic nitrogens is 2. The first-order valence-electron chi connectivity index (χ1n) is 11.5. The highest BCUT2D eigenvalue weighted by molar-refractivity contribution is 7.92. The van der Waals surface area contributed by atoms with Crippen LogP contribution in [0.3, 0.4) is 0 Å². The van der Waals surface area contributed by atoms with Gasteiger partial charge in [-0.15, -0.1) is 0 Å². The Morgan fingerprint density at radius 2 is 1.62 bits per heavy atom. The molecule has 0 saturated heterocycles. The van der Waals surface area contributed by atoms with E-state index in [1.807, 2.05) is 32.9 Å². The number of Topliss-reactive ketones (excluding diaryl/α,β-unsaturated/α-hetero) is 1. The molecule has 0 saturated carbocycles. The molecule has 0 unspecified atom stereocenters. The van der Waals surface area contributed by atoms with Gasteiger partial charge in [0.05, 0.1) is 17.9 Å². The minimum absolute atomic E-state index is 0.000442. The normalized spacial score (nSPS) is 11.4. The van der Waals surface area contributed by atoms with E-state index in [1.165, 1.54) is 24.3 Å². The van der Waals surface area contributed by atoms with Crippen molar-refractivity contribution in [1.82, 2.24) is 9.97 Å². The summed E-state index contributed by atoms with van der Waals surface area (Å²) < 4.78 is 32.0. The van der Waals surface area contributed by atoms with Crippen LogP contribution in [0, 0.1) is 20.8 Å². The first kappa shape index (κ1) is 26.0. The number of hydrogen-bond acceptors (Lipinski definition) is 8. The molecular formula is C28H27N3O5S. The lowest BCUT2D eigenvalue weighted by atomic mass is 10.1. The van der Waals surface area contributed by atoms with Crippen molar-refractivity contribution in [3.8, 4) is 22.9 Å². The fraction of sp³-hybridized carbons (Fsp3) is 0.179. The maximum atomic E-state index is 13.3. The number of ketones is 1. The molecule has 0 bridgehead atoms. The number of carbonyl (C=O) groups is 1. The zero-order valence-electron chi connectivity index (χ0n) is 20.7. The molecule has 9 heteroatoms. The summed E-state index contributed by atoms with van der Waals surface area (Å²) in [6.45, 7) is 5.68. The minimum atomic E-state index is -4.06.